The summed E-state index contributed by atoms with van der Waals surface area (Å²) in [6.07, 6.45) is 1.20. The average molecular weight is 453 g/mol. The number of non-ortho nitro benzene ring substituents is 1. The molecule has 0 spiro atoms. The van der Waals surface area contributed by atoms with Crippen LogP contribution in [0.25, 0.3) is 0 Å². The van der Waals surface area contributed by atoms with Crippen molar-refractivity contribution in [2.45, 2.75) is 25.8 Å². The summed E-state index contributed by atoms with van der Waals surface area (Å²) in [7, 11) is 0. The first-order valence-corrected chi connectivity index (χ1v) is 10.1. The van der Waals surface area contributed by atoms with Crippen LogP contribution < -0.4 is 5.32 Å². The lowest BCUT2D eigenvalue weighted by Crippen LogP contribution is -2.16. The largest absolute Gasteiger partial charge is 0.378 e. The first kappa shape index (κ1) is 20.7. The van der Waals surface area contributed by atoms with Crippen LogP contribution in [0.15, 0.2) is 77.3 Å². The molecule has 29 heavy (non-hydrogen) atoms. The number of carbonyl (C=O) groups excluding carboxylic acids is 1. The molecule has 1 N–H and O–H groups in total. The van der Waals surface area contributed by atoms with Crippen molar-refractivity contribution in [2.24, 2.45) is 0 Å². The van der Waals surface area contributed by atoms with Gasteiger partial charge in [0.15, 0.2) is 5.78 Å². The van der Waals surface area contributed by atoms with E-state index in [1.807, 2.05) is 48.5 Å². The van der Waals surface area contributed by atoms with Crippen LogP contribution in [0.5, 0.6) is 0 Å². The first-order chi connectivity index (χ1) is 14.0. The molecule has 0 aliphatic rings. The van der Waals surface area contributed by atoms with Crippen LogP contribution in [0.2, 0.25) is 0 Å². The van der Waals surface area contributed by atoms with E-state index in [0.29, 0.717) is 5.56 Å². The molecule has 5 nitrogen and oxygen atoms in total. The third-order valence-corrected chi connectivity index (χ3v) is 5.29. The van der Waals surface area contributed by atoms with Crippen LogP contribution in [0.3, 0.4) is 0 Å². The lowest BCUT2D eigenvalue weighted by Gasteiger charge is -2.20. The summed E-state index contributed by atoms with van der Waals surface area (Å²) in [5, 5.41) is 14.2. The molecule has 0 saturated carbocycles. The van der Waals surface area contributed by atoms with E-state index in [2.05, 4.69) is 28.2 Å². The lowest BCUT2D eigenvalue weighted by atomic mass is 9.97. The summed E-state index contributed by atoms with van der Waals surface area (Å²) < 4.78 is 0.955. The standard InChI is InChI=1S/C23H21BrN2O3/c1-2-16-3-5-18(6-4-16)23(27)15-22(17-7-9-19(24)10-8-17)25-20-11-13-21(14-12-20)26(28)29/h3-14,22,25H,2,15H2,1H3/t22-/m0/s1. The highest BCUT2D eigenvalue weighted by molar-refractivity contribution is 9.10. The van der Waals surface area contributed by atoms with E-state index in [9.17, 15) is 14.9 Å². The molecule has 3 aromatic rings. The number of anilines is 1. The maximum absolute atomic E-state index is 12.9. The minimum atomic E-state index is -0.431. The van der Waals surface area contributed by atoms with E-state index in [0.717, 1.165) is 22.1 Å². The third-order valence-electron chi connectivity index (χ3n) is 4.77. The van der Waals surface area contributed by atoms with Crippen molar-refractivity contribution in [1.29, 1.82) is 0 Å². The monoisotopic (exact) mass is 452 g/mol. The molecule has 3 rings (SSSR count). The zero-order valence-corrected chi connectivity index (χ0v) is 17.6. The number of benzene rings is 3. The number of nitro groups is 1. The SMILES string of the molecule is CCc1ccc(C(=O)C[C@H](Nc2ccc([N+](=O)[O-])cc2)c2ccc(Br)cc2)cc1. The fourth-order valence-corrected chi connectivity index (χ4v) is 3.32. The Morgan fingerprint density at radius 2 is 1.62 bits per heavy atom. The number of Topliss-reactive ketones (excluding diaryl/α,β-unsaturated/α-hetero) is 1. The number of aryl methyl sites for hydroxylation is 1. The van der Waals surface area contributed by atoms with Gasteiger partial charge in [-0.25, -0.2) is 0 Å². The predicted octanol–water partition coefficient (Wildman–Crippen LogP) is 6.35. The van der Waals surface area contributed by atoms with Gasteiger partial charge in [-0.05, 0) is 41.8 Å². The van der Waals surface area contributed by atoms with Gasteiger partial charge in [0, 0.05) is 34.3 Å². The Labute approximate surface area is 178 Å². The van der Waals surface area contributed by atoms with Crippen molar-refractivity contribution >= 4 is 33.1 Å². The molecule has 0 unspecified atom stereocenters. The van der Waals surface area contributed by atoms with E-state index in [1.54, 1.807) is 12.1 Å². The predicted molar refractivity (Wildman–Crippen MR) is 118 cm³/mol. The Hall–Kier alpha value is -2.99. The Bertz CT molecular complexity index is 984. The maximum atomic E-state index is 12.9. The zero-order chi connectivity index (χ0) is 20.8. The minimum Gasteiger partial charge on any atom is -0.378 e. The molecule has 0 saturated heterocycles. The molecule has 6 heteroatoms. The molecular formula is C23H21BrN2O3. The van der Waals surface area contributed by atoms with Crippen molar-refractivity contribution in [2.75, 3.05) is 5.32 Å². The van der Waals surface area contributed by atoms with Gasteiger partial charge in [0.2, 0.25) is 0 Å². The normalized spacial score (nSPS) is 11.7. The van der Waals surface area contributed by atoms with Crippen molar-refractivity contribution in [3.05, 3.63) is 104 Å². The zero-order valence-electron chi connectivity index (χ0n) is 16.0. The quantitative estimate of drug-likeness (QED) is 0.245. The van der Waals surface area contributed by atoms with Crippen LogP contribution >= 0.6 is 15.9 Å². The van der Waals surface area contributed by atoms with Crippen LogP contribution in [0.4, 0.5) is 11.4 Å². The van der Waals surface area contributed by atoms with E-state index in [4.69, 9.17) is 0 Å². The van der Waals surface area contributed by atoms with Gasteiger partial charge >= 0.3 is 0 Å². The fourth-order valence-electron chi connectivity index (χ4n) is 3.06. The van der Waals surface area contributed by atoms with Gasteiger partial charge in [0.05, 0.1) is 11.0 Å². The molecule has 0 bridgehead atoms. The second kappa shape index (κ2) is 9.47. The number of ketones is 1. The lowest BCUT2D eigenvalue weighted by molar-refractivity contribution is -0.384. The highest BCUT2D eigenvalue weighted by Gasteiger charge is 2.18. The van der Waals surface area contributed by atoms with Crippen LogP contribution in [0.1, 0.15) is 40.9 Å². The summed E-state index contributed by atoms with van der Waals surface area (Å²) in [5.41, 5.74) is 3.58. The van der Waals surface area contributed by atoms with Gasteiger partial charge in [-0.3, -0.25) is 14.9 Å². The Kier molecular flexibility index (Phi) is 6.77. The summed E-state index contributed by atoms with van der Waals surface area (Å²) in [6, 6.07) is 21.4. The molecule has 0 heterocycles. The number of halogens is 1. The molecule has 0 aromatic heterocycles. The fraction of sp³-hybridized carbons (Fsp3) is 0.174. The average Bonchev–Trinajstić information content (AvgIpc) is 2.74. The van der Waals surface area contributed by atoms with Gasteiger partial charge < -0.3 is 5.32 Å². The number of carbonyl (C=O) groups is 1. The van der Waals surface area contributed by atoms with Gasteiger partial charge in [-0.1, -0.05) is 59.3 Å². The number of nitrogens with one attached hydrogen (secondary N) is 1. The number of nitro benzene ring substituents is 1. The van der Waals surface area contributed by atoms with E-state index < -0.39 is 4.92 Å². The summed E-state index contributed by atoms with van der Waals surface area (Å²) in [5.74, 6) is 0.0370. The molecule has 3 aromatic carbocycles. The first-order valence-electron chi connectivity index (χ1n) is 9.35. The number of hydrogen-bond acceptors (Lipinski definition) is 4. The molecule has 0 radical (unpaired) electrons. The second-order valence-electron chi connectivity index (χ2n) is 6.73. The molecule has 0 aliphatic heterocycles. The Balaban J connectivity index is 1.83. The smallest absolute Gasteiger partial charge is 0.269 e. The molecule has 0 aliphatic carbocycles. The number of hydrogen-bond donors (Lipinski definition) is 1. The third kappa shape index (κ3) is 5.51. The van der Waals surface area contributed by atoms with Crippen molar-refractivity contribution in [1.82, 2.24) is 0 Å². The van der Waals surface area contributed by atoms with Crippen LogP contribution in [0, 0.1) is 10.1 Å². The Morgan fingerprint density at radius 1 is 1.00 bits per heavy atom. The van der Waals surface area contributed by atoms with Crippen LogP contribution in [-0.2, 0) is 6.42 Å². The summed E-state index contributed by atoms with van der Waals surface area (Å²) in [6.45, 7) is 2.08. The highest BCUT2D eigenvalue weighted by atomic mass is 79.9. The number of rotatable bonds is 8. The van der Waals surface area contributed by atoms with Crippen molar-refractivity contribution in [3.8, 4) is 0 Å². The molecule has 0 amide bonds. The second-order valence-corrected chi connectivity index (χ2v) is 7.65. The molecular weight excluding hydrogens is 432 g/mol. The molecule has 0 fully saturated rings. The number of nitrogens with zero attached hydrogens (tertiary/aromatic N) is 1. The molecule has 148 valence electrons. The minimum absolute atomic E-state index is 0.0304. The van der Waals surface area contributed by atoms with Gasteiger partial charge in [0.25, 0.3) is 5.69 Å². The summed E-state index contributed by atoms with van der Waals surface area (Å²) in [4.78, 5) is 23.3. The maximum Gasteiger partial charge on any atom is 0.269 e. The van der Waals surface area contributed by atoms with Gasteiger partial charge in [-0.15, -0.1) is 0 Å². The molecule has 1 atom stereocenters. The topological polar surface area (TPSA) is 72.2 Å². The van der Waals surface area contributed by atoms with Crippen LogP contribution in [-0.4, -0.2) is 10.7 Å². The summed E-state index contributed by atoms with van der Waals surface area (Å²) >= 11 is 3.43. The van der Waals surface area contributed by atoms with Crippen molar-refractivity contribution < 1.29 is 9.72 Å². The Morgan fingerprint density at radius 3 is 2.17 bits per heavy atom. The highest BCUT2D eigenvalue weighted by Crippen LogP contribution is 2.27. The van der Waals surface area contributed by atoms with E-state index in [1.165, 1.54) is 17.7 Å². The van der Waals surface area contributed by atoms with Gasteiger partial charge in [-0.2, -0.15) is 0 Å². The van der Waals surface area contributed by atoms with E-state index >= 15 is 0 Å². The van der Waals surface area contributed by atoms with E-state index in [-0.39, 0.29) is 23.9 Å². The van der Waals surface area contributed by atoms with Crippen molar-refractivity contribution in [3.63, 3.8) is 0 Å². The van der Waals surface area contributed by atoms with Gasteiger partial charge in [0.1, 0.15) is 0 Å².